The number of amides is 2. The first-order valence-corrected chi connectivity index (χ1v) is 37.9. The lowest BCUT2D eigenvalue weighted by Gasteiger charge is -2.40. The summed E-state index contributed by atoms with van der Waals surface area (Å²) in [5.41, 5.74) is -0.939. The molecule has 0 aliphatic carbocycles. The Balaban J connectivity index is 0.000000341. The van der Waals surface area contributed by atoms with Crippen LogP contribution in [0.5, 0.6) is 0 Å². The van der Waals surface area contributed by atoms with E-state index < -0.39 is 120 Å². The molecule has 2 unspecified atom stereocenters. The number of H-pyrrole nitrogens is 2. The van der Waals surface area contributed by atoms with E-state index in [9.17, 15) is 43.5 Å². The van der Waals surface area contributed by atoms with E-state index in [1.54, 1.807) is 32.3 Å². The fourth-order valence-electron chi connectivity index (χ4n) is 8.44. The molecule has 0 spiro atoms. The highest BCUT2D eigenvalue weighted by atomic mass is 127. The van der Waals surface area contributed by atoms with Gasteiger partial charge in [0.05, 0.1) is 51.8 Å². The van der Waals surface area contributed by atoms with E-state index in [2.05, 4.69) is 118 Å². The minimum Gasteiger partial charge on any atom is -0.463 e. The Morgan fingerprint density at radius 3 is 1.17 bits per heavy atom. The van der Waals surface area contributed by atoms with Crippen LogP contribution in [0.25, 0.3) is 22.3 Å². The second-order valence-corrected chi connectivity index (χ2v) is 35.9. The summed E-state index contributed by atoms with van der Waals surface area (Å²) in [7, 11) is -4.96. The standard InChI is InChI=1S/C29H46IN5O11Si.C29H47N5O12Si/c1-16(2)24(38)33-27-32-23-20(25(39)34-27)31-15-35(23)26-22(21(19(14-30)44-26)46-47(8,9)29(5,6)7)45-28(42-12-10-40-17(3)36)43-13-11-41-18(4)37;1-16(2)24(38)32-27-31-23-20(25(39)33-27)30-15-34(23)26-22(21(19(14-35)44-26)46-47(8,9)29(5,6)7)45-28(42-12-10-40-17(3)36)43-13-11-41-18(4)37/h15-16,19,21-22,26,28H,10-14H2,1-9H3,(H2,32,33,34,38,39);15-16,19,21-22,26,28,35H,10-14H2,1-9H3,(H2,31,32,33,38,39)/t2*19-,21+,22?,26-/m11/s1. The molecule has 0 bridgehead atoms. The summed E-state index contributed by atoms with van der Waals surface area (Å²) in [6.07, 6.45) is -4.10. The number of anilines is 2. The summed E-state index contributed by atoms with van der Waals surface area (Å²) >= 11 is 2.22. The van der Waals surface area contributed by atoms with Crippen LogP contribution in [-0.4, -0.2) is 210 Å². The lowest BCUT2D eigenvalue weighted by atomic mass is 10.1. The molecule has 94 heavy (non-hydrogen) atoms. The molecule has 2 aliphatic heterocycles. The summed E-state index contributed by atoms with van der Waals surface area (Å²) in [6.45, 7) is 28.9. The van der Waals surface area contributed by atoms with Gasteiger partial charge >= 0.3 is 23.9 Å². The molecule has 2 saturated heterocycles. The first-order chi connectivity index (χ1) is 43.9. The summed E-state index contributed by atoms with van der Waals surface area (Å²) in [5, 5.41) is 15.3. The molecule has 33 nitrogen and oxygen atoms in total. The van der Waals surface area contributed by atoms with Crippen LogP contribution in [-0.2, 0) is 94.5 Å². The van der Waals surface area contributed by atoms with Gasteiger partial charge in [0.25, 0.3) is 24.1 Å². The SMILES string of the molecule is CC(=O)OCCOC(OCCOC(C)=O)OC1[C@@H](O[Si](C)(C)C(C)(C)C)[C@@H](CI)O[C@H]1n1cnc2c(=O)[nH]c(NC(=O)C(C)C)nc21.CC(=O)OCCOC(OCCOC(C)=O)OC1[C@@H](O[Si](C)(C)C(C)(C)C)[C@@H](CO)O[C@H]1n1cnc2c(=O)[nH]c(NC(=O)C(C)C)nc21. The molecule has 6 heterocycles. The molecule has 36 heteroatoms. The third-order valence-electron chi connectivity index (χ3n) is 15.4. The normalized spacial score (nSPS) is 20.3. The highest BCUT2D eigenvalue weighted by molar-refractivity contribution is 14.1. The molecular weight excluding hydrogens is 1390 g/mol. The van der Waals surface area contributed by atoms with Crippen LogP contribution >= 0.6 is 22.6 Å². The number of aliphatic hydroxyl groups is 1. The van der Waals surface area contributed by atoms with Gasteiger partial charge in [0.1, 0.15) is 56.9 Å². The smallest absolute Gasteiger partial charge is 0.302 e. The van der Waals surface area contributed by atoms with Crippen molar-refractivity contribution in [2.75, 3.05) is 74.5 Å². The number of fused-ring (bicyclic) bond motifs is 2. The molecule has 4 aromatic rings. The maximum atomic E-state index is 13.0. The molecule has 2 amide bonds. The molecule has 2 aliphatic rings. The van der Waals surface area contributed by atoms with Gasteiger partial charge in [0.2, 0.25) is 23.7 Å². The Hall–Kier alpha value is -5.76. The minimum absolute atomic E-state index is 0.0292. The number of carbonyl (C=O) groups excluding carboxylic acids is 6. The van der Waals surface area contributed by atoms with Crippen molar-refractivity contribution < 1.29 is 99.6 Å². The number of aromatic amines is 2. The van der Waals surface area contributed by atoms with E-state index in [1.807, 2.05) is 13.1 Å². The van der Waals surface area contributed by atoms with Gasteiger partial charge in [-0.2, -0.15) is 9.97 Å². The number of nitrogens with one attached hydrogen (secondary N) is 4. The van der Waals surface area contributed by atoms with Gasteiger partial charge in [-0.25, -0.2) is 9.97 Å². The van der Waals surface area contributed by atoms with Crippen LogP contribution < -0.4 is 21.8 Å². The number of rotatable bonds is 32. The van der Waals surface area contributed by atoms with Crippen molar-refractivity contribution in [3.05, 3.63) is 33.4 Å². The average molecular weight is 1480 g/mol. The Morgan fingerprint density at radius 2 is 0.883 bits per heavy atom. The molecule has 528 valence electrons. The van der Waals surface area contributed by atoms with Crippen LogP contribution in [0.2, 0.25) is 36.3 Å². The van der Waals surface area contributed by atoms with E-state index >= 15 is 0 Å². The number of aliphatic hydroxyl groups excluding tert-OH is 1. The Morgan fingerprint density at radius 1 is 0.564 bits per heavy atom. The number of halogens is 1. The van der Waals surface area contributed by atoms with Crippen molar-refractivity contribution in [3.8, 4) is 0 Å². The maximum Gasteiger partial charge on any atom is 0.302 e. The van der Waals surface area contributed by atoms with Crippen molar-refractivity contribution in [2.45, 2.75) is 195 Å². The fourth-order valence-corrected chi connectivity index (χ4v) is 11.8. The van der Waals surface area contributed by atoms with Crippen molar-refractivity contribution >= 4 is 109 Å². The predicted octanol–water partition coefficient (Wildman–Crippen LogP) is 5.09. The largest absolute Gasteiger partial charge is 0.463 e. The Labute approximate surface area is 560 Å². The zero-order valence-corrected chi connectivity index (χ0v) is 60.8. The monoisotopic (exact) mass is 1480 g/mol. The van der Waals surface area contributed by atoms with E-state index in [0.717, 1.165) is 0 Å². The van der Waals surface area contributed by atoms with E-state index in [0.29, 0.717) is 4.43 Å². The van der Waals surface area contributed by atoms with Crippen LogP contribution in [0.1, 0.15) is 109 Å². The molecule has 6 rings (SSSR count). The highest BCUT2D eigenvalue weighted by Gasteiger charge is 2.54. The zero-order chi connectivity index (χ0) is 70.2. The number of carbonyl (C=O) groups is 6. The van der Waals surface area contributed by atoms with Gasteiger partial charge in [0, 0.05) is 44.0 Å². The number of alkyl halides is 1. The quantitative estimate of drug-likeness (QED) is 0.00808. The van der Waals surface area contributed by atoms with Crippen LogP contribution in [0, 0.1) is 11.8 Å². The van der Waals surface area contributed by atoms with Gasteiger partial charge in [0.15, 0.2) is 51.4 Å². The van der Waals surface area contributed by atoms with Crippen molar-refractivity contribution in [2.24, 2.45) is 11.8 Å². The molecular formula is C58H93IN10O23Si2. The van der Waals surface area contributed by atoms with Gasteiger partial charge in [-0.15, -0.1) is 0 Å². The summed E-state index contributed by atoms with van der Waals surface area (Å²) in [5.74, 6) is -3.51. The van der Waals surface area contributed by atoms with Gasteiger partial charge in [-0.1, -0.05) is 91.8 Å². The van der Waals surface area contributed by atoms with Crippen LogP contribution in [0.15, 0.2) is 22.2 Å². The number of hydrogen-bond acceptors (Lipinski definition) is 27. The Bertz CT molecular complexity index is 3050. The minimum atomic E-state index is -2.53. The Kier molecular flexibility index (Phi) is 29.4. The predicted molar refractivity (Wildman–Crippen MR) is 349 cm³/mol. The van der Waals surface area contributed by atoms with E-state index in [4.69, 9.17) is 65.7 Å². The average Bonchev–Trinajstić information content (AvgIpc) is 1.61. The molecule has 0 saturated carbocycles. The molecule has 4 aromatic heterocycles. The van der Waals surface area contributed by atoms with Gasteiger partial charge in [-0.05, 0) is 36.3 Å². The number of ether oxygens (including phenoxy) is 12. The van der Waals surface area contributed by atoms with Crippen molar-refractivity contribution in [1.29, 1.82) is 0 Å². The molecule has 0 aromatic carbocycles. The van der Waals surface area contributed by atoms with Crippen molar-refractivity contribution in [1.82, 2.24) is 39.0 Å². The van der Waals surface area contributed by atoms with E-state index in [1.165, 1.54) is 44.9 Å². The van der Waals surface area contributed by atoms with Gasteiger partial charge < -0.3 is 70.8 Å². The third-order valence-corrected chi connectivity index (χ3v) is 25.2. The highest BCUT2D eigenvalue weighted by Crippen LogP contribution is 2.45. The second-order valence-electron chi connectivity index (χ2n) is 25.5. The zero-order valence-electron chi connectivity index (χ0n) is 56.6. The molecule has 2 fully saturated rings. The lowest BCUT2D eigenvalue weighted by molar-refractivity contribution is -0.320. The molecule has 0 radical (unpaired) electrons. The number of aromatic nitrogens is 8. The van der Waals surface area contributed by atoms with Crippen LogP contribution in [0.3, 0.4) is 0 Å². The fraction of sp³-hybridized carbons (Fsp3) is 0.724. The first kappa shape index (κ1) is 78.9. The lowest BCUT2D eigenvalue weighted by Crippen LogP contribution is -2.51. The summed E-state index contributed by atoms with van der Waals surface area (Å²) in [6, 6.07) is 0. The summed E-state index contributed by atoms with van der Waals surface area (Å²) in [4.78, 5) is 118. The van der Waals surface area contributed by atoms with Crippen LogP contribution in [0.4, 0.5) is 11.9 Å². The maximum absolute atomic E-state index is 13.0. The number of hydrogen-bond donors (Lipinski definition) is 5. The first-order valence-electron chi connectivity index (χ1n) is 30.6. The molecule has 8 atom stereocenters. The number of imidazole rings is 2. The topological polar surface area (TPSA) is 403 Å². The molecule has 5 N–H and O–H groups in total. The third kappa shape index (κ3) is 22.1. The summed E-state index contributed by atoms with van der Waals surface area (Å²) < 4.78 is 86.1. The van der Waals surface area contributed by atoms with Gasteiger partial charge in [-0.3, -0.25) is 68.1 Å². The second kappa shape index (κ2) is 35.0. The number of esters is 4. The number of nitrogens with zero attached hydrogens (tertiary/aromatic N) is 6. The van der Waals surface area contributed by atoms with Crippen molar-refractivity contribution in [3.63, 3.8) is 0 Å². The van der Waals surface area contributed by atoms with E-state index in [-0.39, 0.29) is 121 Å².